The number of pyridine rings is 1. The van der Waals surface area contributed by atoms with Crippen molar-refractivity contribution in [3.8, 4) is 0 Å². The molecule has 7 nitrogen and oxygen atoms in total. The first-order valence-corrected chi connectivity index (χ1v) is 13.7. The molecule has 2 unspecified atom stereocenters. The maximum absolute atomic E-state index is 14.8. The number of anilines is 3. The van der Waals surface area contributed by atoms with E-state index >= 15 is 0 Å². The highest BCUT2D eigenvalue weighted by Crippen LogP contribution is 2.31. The van der Waals surface area contributed by atoms with E-state index in [1.807, 2.05) is 12.3 Å². The summed E-state index contributed by atoms with van der Waals surface area (Å²) in [7, 11) is 2.21. The van der Waals surface area contributed by atoms with Gasteiger partial charge in [0.25, 0.3) is 0 Å². The molecule has 2 saturated heterocycles. The molecule has 1 aromatic heterocycles. The normalized spacial score (nSPS) is 23.3. The second-order valence-corrected chi connectivity index (χ2v) is 11.0. The highest BCUT2D eigenvalue weighted by molar-refractivity contribution is 6.12. The highest BCUT2D eigenvalue weighted by Gasteiger charge is 2.38. The molecule has 0 radical (unpaired) electrons. The lowest BCUT2D eigenvalue weighted by atomic mass is 10.0. The lowest BCUT2D eigenvalue weighted by molar-refractivity contribution is 0.272. The van der Waals surface area contributed by atoms with Crippen molar-refractivity contribution >= 4 is 22.9 Å². The Balaban J connectivity index is 1.22. The summed E-state index contributed by atoms with van der Waals surface area (Å²) in [6.45, 7) is 7.27. The number of fused-ring (bicyclic) bond motifs is 1. The van der Waals surface area contributed by atoms with Gasteiger partial charge < -0.3 is 21.3 Å². The number of hydrogen-bond acceptors (Lipinski definition) is 7. The van der Waals surface area contributed by atoms with E-state index in [-0.39, 0.29) is 24.1 Å². The van der Waals surface area contributed by atoms with Crippen LogP contribution in [0.2, 0.25) is 0 Å². The first kappa shape index (κ1) is 26.6. The summed E-state index contributed by atoms with van der Waals surface area (Å²) in [5, 5.41) is 6.47. The van der Waals surface area contributed by atoms with E-state index in [1.165, 1.54) is 30.8 Å². The van der Waals surface area contributed by atoms with Gasteiger partial charge in [0, 0.05) is 50.5 Å². The Hall–Kier alpha value is -3.04. The van der Waals surface area contributed by atoms with Crippen molar-refractivity contribution in [3.63, 3.8) is 0 Å². The monoisotopic (exact) mass is 523 g/mol. The number of nitrogens with one attached hydrogen (secondary N) is 2. The zero-order valence-electron chi connectivity index (χ0n) is 22.4. The lowest BCUT2D eigenvalue weighted by Crippen LogP contribution is -2.26. The van der Waals surface area contributed by atoms with Gasteiger partial charge in [-0.05, 0) is 68.5 Å². The SMILES string of the molecule is C/C=C(F)\C(=N/CNc1ccc(CN2CC3CN(C)CC3C2)cn1)c1cc(F)c(N)c(NC2CCCC2)c1. The molecule has 1 saturated carbocycles. The first-order chi connectivity index (χ1) is 18.4. The summed E-state index contributed by atoms with van der Waals surface area (Å²) in [4.78, 5) is 13.9. The van der Waals surface area contributed by atoms with Gasteiger partial charge in [-0.25, -0.2) is 13.8 Å². The second-order valence-electron chi connectivity index (χ2n) is 11.0. The van der Waals surface area contributed by atoms with Crippen molar-refractivity contribution in [1.29, 1.82) is 0 Å². The Morgan fingerprint density at radius 3 is 2.55 bits per heavy atom. The minimum Gasteiger partial charge on any atom is -0.395 e. The van der Waals surface area contributed by atoms with Gasteiger partial charge in [0.2, 0.25) is 0 Å². The smallest absolute Gasteiger partial charge is 0.148 e. The lowest BCUT2D eigenvalue weighted by Gasteiger charge is -2.19. The van der Waals surface area contributed by atoms with Crippen LogP contribution in [0.3, 0.4) is 0 Å². The number of allylic oxidation sites excluding steroid dienone is 2. The van der Waals surface area contributed by atoms with Crippen molar-refractivity contribution in [2.24, 2.45) is 16.8 Å². The highest BCUT2D eigenvalue weighted by atomic mass is 19.1. The average Bonchev–Trinajstić information content (AvgIpc) is 3.62. The van der Waals surface area contributed by atoms with Crippen LogP contribution in [0, 0.1) is 17.7 Å². The van der Waals surface area contributed by atoms with Crippen LogP contribution in [0.25, 0.3) is 0 Å². The molecule has 3 fully saturated rings. The van der Waals surface area contributed by atoms with Gasteiger partial charge in [0.05, 0.1) is 11.4 Å². The van der Waals surface area contributed by atoms with Crippen molar-refractivity contribution in [2.75, 3.05) is 56.3 Å². The van der Waals surface area contributed by atoms with Gasteiger partial charge in [-0.3, -0.25) is 9.89 Å². The van der Waals surface area contributed by atoms with Crippen molar-refractivity contribution in [2.45, 2.75) is 45.2 Å². The minimum absolute atomic E-state index is 0.0489. The number of nitrogen functional groups attached to an aromatic ring is 1. The maximum Gasteiger partial charge on any atom is 0.148 e. The van der Waals surface area contributed by atoms with E-state index in [2.05, 4.69) is 43.5 Å². The molecule has 1 aromatic carbocycles. The number of halogens is 2. The number of benzene rings is 1. The number of aromatic nitrogens is 1. The van der Waals surface area contributed by atoms with Crippen LogP contribution < -0.4 is 16.4 Å². The van der Waals surface area contributed by atoms with E-state index in [9.17, 15) is 8.78 Å². The molecule has 9 heteroatoms. The maximum atomic E-state index is 14.8. The molecule has 0 bridgehead atoms. The van der Waals surface area contributed by atoms with Crippen LogP contribution in [0.15, 0.2) is 47.4 Å². The zero-order valence-corrected chi connectivity index (χ0v) is 22.4. The summed E-state index contributed by atoms with van der Waals surface area (Å²) in [5.41, 5.74) is 8.13. The van der Waals surface area contributed by atoms with E-state index in [0.717, 1.165) is 57.2 Å². The molecule has 3 aliphatic rings. The van der Waals surface area contributed by atoms with Gasteiger partial charge in [-0.15, -0.1) is 0 Å². The predicted molar refractivity (Wildman–Crippen MR) is 151 cm³/mol. The fraction of sp³-hybridized carbons (Fsp3) is 0.517. The van der Waals surface area contributed by atoms with Crippen LogP contribution in [-0.4, -0.2) is 66.4 Å². The molecule has 3 heterocycles. The quantitative estimate of drug-likeness (QED) is 0.321. The van der Waals surface area contributed by atoms with Crippen LogP contribution >= 0.6 is 0 Å². The van der Waals surface area contributed by atoms with E-state index in [0.29, 0.717) is 17.1 Å². The van der Waals surface area contributed by atoms with Gasteiger partial charge >= 0.3 is 0 Å². The van der Waals surface area contributed by atoms with Crippen LogP contribution in [0.5, 0.6) is 0 Å². The third-order valence-corrected chi connectivity index (χ3v) is 8.07. The third kappa shape index (κ3) is 6.15. The van der Waals surface area contributed by atoms with Gasteiger partial charge in [-0.2, -0.15) is 0 Å². The fourth-order valence-corrected chi connectivity index (χ4v) is 6.14. The topological polar surface area (TPSA) is 81.8 Å². The molecular weight excluding hydrogens is 484 g/mol. The number of nitrogens with two attached hydrogens (primary N) is 1. The number of likely N-dealkylation sites (tertiary alicyclic amines) is 2. The Labute approximate surface area is 224 Å². The molecule has 1 aliphatic carbocycles. The molecule has 204 valence electrons. The number of hydrogen-bond donors (Lipinski definition) is 3. The molecule has 38 heavy (non-hydrogen) atoms. The summed E-state index contributed by atoms with van der Waals surface area (Å²) >= 11 is 0. The largest absolute Gasteiger partial charge is 0.395 e. The zero-order chi connectivity index (χ0) is 26.6. The third-order valence-electron chi connectivity index (χ3n) is 8.07. The first-order valence-electron chi connectivity index (χ1n) is 13.7. The predicted octanol–water partition coefficient (Wildman–Crippen LogP) is 4.88. The molecule has 4 N–H and O–H groups in total. The number of rotatable bonds is 9. The molecular formula is C29H39F2N7. The molecule has 2 aromatic rings. The van der Waals surface area contributed by atoms with Crippen LogP contribution in [0.1, 0.15) is 43.7 Å². The standard InChI is InChI=1S/C29H39F2N7/c1-3-24(30)29(20-10-25(31)28(32)26(11-20)36-23-6-4-5-7-23)35-18-34-27-9-8-19(12-33-27)13-38-16-21-14-37(2)15-22(21)17-38/h3,8-12,21-23,36H,4-7,13-18,32H2,1-2H3,(H,33,34)/b24-3+,35-29-. The minimum atomic E-state index is -0.585. The second kappa shape index (κ2) is 11.8. The Morgan fingerprint density at radius 1 is 1.16 bits per heavy atom. The van der Waals surface area contributed by atoms with Crippen LogP contribution in [-0.2, 0) is 6.54 Å². The summed E-state index contributed by atoms with van der Waals surface area (Å²) in [5.74, 6) is 1.11. The molecule has 2 atom stereocenters. The van der Waals surface area contributed by atoms with Crippen LogP contribution in [0.4, 0.5) is 26.0 Å². The van der Waals surface area contributed by atoms with Crippen molar-refractivity contribution in [1.82, 2.24) is 14.8 Å². The van der Waals surface area contributed by atoms with Crippen molar-refractivity contribution in [3.05, 3.63) is 59.3 Å². The van der Waals surface area contributed by atoms with Gasteiger partial charge in [0.15, 0.2) is 0 Å². The molecule has 0 spiro atoms. The Morgan fingerprint density at radius 2 is 1.89 bits per heavy atom. The Kier molecular flexibility index (Phi) is 8.24. The van der Waals surface area contributed by atoms with Gasteiger partial charge in [-0.1, -0.05) is 18.9 Å². The molecule has 0 amide bonds. The Bertz CT molecular complexity index is 1160. The van der Waals surface area contributed by atoms with E-state index in [1.54, 1.807) is 13.0 Å². The molecule has 5 rings (SSSR count). The molecule has 2 aliphatic heterocycles. The van der Waals surface area contributed by atoms with E-state index in [4.69, 9.17) is 5.73 Å². The van der Waals surface area contributed by atoms with E-state index < -0.39 is 11.6 Å². The number of aliphatic imine (C=N–C) groups is 1. The average molecular weight is 524 g/mol. The fourth-order valence-electron chi connectivity index (χ4n) is 6.14. The number of nitrogens with zero attached hydrogens (tertiary/aromatic N) is 4. The summed E-state index contributed by atoms with van der Waals surface area (Å²) in [6, 6.07) is 7.18. The summed E-state index contributed by atoms with van der Waals surface area (Å²) in [6.07, 6.45) is 7.52. The van der Waals surface area contributed by atoms with Gasteiger partial charge in [0.1, 0.15) is 29.8 Å². The summed E-state index contributed by atoms with van der Waals surface area (Å²) < 4.78 is 29.5. The van der Waals surface area contributed by atoms with Crippen molar-refractivity contribution < 1.29 is 8.78 Å².